The molecule has 1 aromatic rings. The summed E-state index contributed by atoms with van der Waals surface area (Å²) in [6.07, 6.45) is 0.190. The summed E-state index contributed by atoms with van der Waals surface area (Å²) in [6.45, 7) is 6.91. The third-order valence-corrected chi connectivity index (χ3v) is 4.61. The van der Waals surface area contributed by atoms with Crippen molar-refractivity contribution < 1.29 is 9.90 Å². The standard InChI is InChI=1S/C12H18BrNO2S/c1-8(2)14(5-4-12(15)16)9(3)11-6-10(13)7-17-11/h6-9H,4-5H2,1-3H3,(H,15,16). The fourth-order valence-corrected chi connectivity index (χ4v) is 3.36. The number of nitrogens with zero attached hydrogens (tertiary/aromatic N) is 1. The monoisotopic (exact) mass is 319 g/mol. The van der Waals surface area contributed by atoms with Crippen LogP contribution >= 0.6 is 27.3 Å². The first-order chi connectivity index (χ1) is 7.91. The molecule has 0 saturated carbocycles. The molecule has 0 bridgehead atoms. The van der Waals surface area contributed by atoms with Crippen molar-refractivity contribution in [2.45, 2.75) is 39.3 Å². The Kier molecular flexibility index (Phi) is 5.62. The van der Waals surface area contributed by atoms with E-state index in [1.54, 1.807) is 11.3 Å². The van der Waals surface area contributed by atoms with Crippen molar-refractivity contribution >= 4 is 33.2 Å². The van der Waals surface area contributed by atoms with Gasteiger partial charge in [-0.25, -0.2) is 0 Å². The van der Waals surface area contributed by atoms with E-state index in [9.17, 15) is 4.79 Å². The van der Waals surface area contributed by atoms with Crippen molar-refractivity contribution in [3.63, 3.8) is 0 Å². The molecule has 1 heterocycles. The van der Waals surface area contributed by atoms with Crippen molar-refractivity contribution in [3.05, 3.63) is 20.8 Å². The van der Waals surface area contributed by atoms with Crippen molar-refractivity contribution in [2.75, 3.05) is 6.54 Å². The molecule has 1 rings (SSSR count). The predicted octanol–water partition coefficient (Wildman–Crippen LogP) is 3.76. The molecule has 0 spiro atoms. The van der Waals surface area contributed by atoms with Gasteiger partial charge in [0.2, 0.25) is 0 Å². The molecular formula is C12H18BrNO2S. The first-order valence-corrected chi connectivity index (χ1v) is 7.30. The maximum absolute atomic E-state index is 10.7. The van der Waals surface area contributed by atoms with Crippen LogP contribution in [0.2, 0.25) is 0 Å². The van der Waals surface area contributed by atoms with Gasteiger partial charge in [-0.05, 0) is 42.8 Å². The molecule has 1 unspecified atom stereocenters. The van der Waals surface area contributed by atoms with Gasteiger partial charge in [0.15, 0.2) is 0 Å². The molecule has 1 aromatic heterocycles. The molecule has 0 aliphatic heterocycles. The number of thiophene rings is 1. The SMILES string of the molecule is CC(C)N(CCC(=O)O)C(C)c1cc(Br)cs1. The number of carboxylic acid groups (broad SMARTS) is 1. The number of carbonyl (C=O) groups is 1. The number of hydrogen-bond acceptors (Lipinski definition) is 3. The molecule has 1 N–H and O–H groups in total. The minimum atomic E-state index is -0.741. The minimum absolute atomic E-state index is 0.190. The van der Waals surface area contributed by atoms with E-state index in [2.05, 4.69) is 53.0 Å². The summed E-state index contributed by atoms with van der Waals surface area (Å²) in [4.78, 5) is 14.1. The van der Waals surface area contributed by atoms with E-state index in [1.807, 2.05) is 0 Å². The van der Waals surface area contributed by atoms with Crippen molar-refractivity contribution in [2.24, 2.45) is 0 Å². The van der Waals surface area contributed by atoms with Crippen LogP contribution in [-0.2, 0) is 4.79 Å². The first-order valence-electron chi connectivity index (χ1n) is 5.63. The summed E-state index contributed by atoms with van der Waals surface area (Å²) >= 11 is 5.15. The first kappa shape index (κ1) is 14.7. The van der Waals surface area contributed by atoms with Crippen LogP contribution in [-0.4, -0.2) is 28.6 Å². The van der Waals surface area contributed by atoms with E-state index < -0.39 is 5.97 Å². The Hall–Kier alpha value is -0.390. The Morgan fingerprint density at radius 2 is 2.18 bits per heavy atom. The fraction of sp³-hybridized carbons (Fsp3) is 0.583. The average molecular weight is 320 g/mol. The van der Waals surface area contributed by atoms with Crippen LogP contribution in [0.4, 0.5) is 0 Å². The molecular weight excluding hydrogens is 302 g/mol. The number of carboxylic acids is 1. The molecule has 0 fully saturated rings. The third kappa shape index (κ3) is 4.41. The van der Waals surface area contributed by atoms with Gasteiger partial charge in [-0.2, -0.15) is 0 Å². The van der Waals surface area contributed by atoms with E-state index in [0.29, 0.717) is 12.6 Å². The second-order valence-corrected chi connectivity index (χ2v) is 6.18. The molecule has 0 aromatic carbocycles. The Morgan fingerprint density at radius 1 is 1.53 bits per heavy atom. The van der Waals surface area contributed by atoms with E-state index in [1.165, 1.54) is 4.88 Å². The molecule has 1 atom stereocenters. The molecule has 0 saturated heterocycles. The van der Waals surface area contributed by atoms with Crippen LogP contribution in [0.3, 0.4) is 0 Å². The smallest absolute Gasteiger partial charge is 0.304 e. The fourth-order valence-electron chi connectivity index (χ4n) is 1.83. The summed E-state index contributed by atoms with van der Waals surface area (Å²) < 4.78 is 1.09. The van der Waals surface area contributed by atoms with Crippen LogP contribution in [0, 0.1) is 0 Å². The van der Waals surface area contributed by atoms with Crippen LogP contribution < -0.4 is 0 Å². The number of halogens is 1. The maximum atomic E-state index is 10.7. The van der Waals surface area contributed by atoms with Gasteiger partial charge in [-0.3, -0.25) is 9.69 Å². The van der Waals surface area contributed by atoms with E-state index in [-0.39, 0.29) is 12.5 Å². The topological polar surface area (TPSA) is 40.5 Å². The zero-order valence-corrected chi connectivity index (χ0v) is 12.7. The highest BCUT2D eigenvalue weighted by Gasteiger charge is 2.20. The Morgan fingerprint density at radius 3 is 2.59 bits per heavy atom. The highest BCUT2D eigenvalue weighted by Crippen LogP contribution is 2.30. The minimum Gasteiger partial charge on any atom is -0.481 e. The van der Waals surface area contributed by atoms with Crippen LogP contribution in [0.5, 0.6) is 0 Å². The van der Waals surface area contributed by atoms with Crippen LogP contribution in [0.15, 0.2) is 15.9 Å². The second kappa shape index (κ2) is 6.52. The lowest BCUT2D eigenvalue weighted by Gasteiger charge is -2.31. The zero-order valence-electron chi connectivity index (χ0n) is 10.3. The highest BCUT2D eigenvalue weighted by atomic mass is 79.9. The van der Waals surface area contributed by atoms with Gasteiger partial charge in [0.1, 0.15) is 0 Å². The molecule has 17 heavy (non-hydrogen) atoms. The van der Waals surface area contributed by atoms with Crippen molar-refractivity contribution in [1.82, 2.24) is 4.90 Å². The summed E-state index contributed by atoms with van der Waals surface area (Å²) in [5.41, 5.74) is 0. The number of hydrogen-bond donors (Lipinski definition) is 1. The summed E-state index contributed by atoms with van der Waals surface area (Å²) in [6, 6.07) is 2.70. The predicted molar refractivity (Wildman–Crippen MR) is 74.5 cm³/mol. The lowest BCUT2D eigenvalue weighted by molar-refractivity contribution is -0.137. The van der Waals surface area contributed by atoms with Gasteiger partial charge < -0.3 is 5.11 Å². The average Bonchev–Trinajstić information content (AvgIpc) is 2.63. The molecule has 96 valence electrons. The third-order valence-electron chi connectivity index (χ3n) is 2.74. The normalized spacial score (nSPS) is 13.3. The quantitative estimate of drug-likeness (QED) is 0.868. The maximum Gasteiger partial charge on any atom is 0.304 e. The molecule has 5 heteroatoms. The van der Waals surface area contributed by atoms with E-state index in [4.69, 9.17) is 5.11 Å². The molecule has 3 nitrogen and oxygen atoms in total. The van der Waals surface area contributed by atoms with Gasteiger partial charge >= 0.3 is 5.97 Å². The van der Waals surface area contributed by atoms with Crippen LogP contribution in [0.25, 0.3) is 0 Å². The Labute approximate surface area is 115 Å². The molecule has 0 aliphatic carbocycles. The zero-order chi connectivity index (χ0) is 13.0. The molecule has 0 amide bonds. The Bertz CT molecular complexity index is 378. The van der Waals surface area contributed by atoms with E-state index >= 15 is 0 Å². The highest BCUT2D eigenvalue weighted by molar-refractivity contribution is 9.10. The van der Waals surface area contributed by atoms with Gasteiger partial charge in [-0.15, -0.1) is 11.3 Å². The largest absolute Gasteiger partial charge is 0.481 e. The summed E-state index contributed by atoms with van der Waals surface area (Å²) in [5.74, 6) is -0.741. The number of rotatable bonds is 6. The van der Waals surface area contributed by atoms with E-state index in [0.717, 1.165) is 4.47 Å². The van der Waals surface area contributed by atoms with Gasteiger partial charge in [-0.1, -0.05) is 0 Å². The second-order valence-electron chi connectivity index (χ2n) is 4.32. The summed E-state index contributed by atoms with van der Waals surface area (Å²) in [7, 11) is 0. The lowest BCUT2D eigenvalue weighted by atomic mass is 10.1. The van der Waals surface area contributed by atoms with Gasteiger partial charge in [0, 0.05) is 33.4 Å². The van der Waals surface area contributed by atoms with Gasteiger partial charge in [0.25, 0.3) is 0 Å². The van der Waals surface area contributed by atoms with Gasteiger partial charge in [0.05, 0.1) is 6.42 Å². The molecule has 0 radical (unpaired) electrons. The lowest BCUT2D eigenvalue weighted by Crippen LogP contribution is -2.35. The van der Waals surface area contributed by atoms with Crippen molar-refractivity contribution in [3.8, 4) is 0 Å². The summed E-state index contributed by atoms with van der Waals surface area (Å²) in [5, 5.41) is 10.8. The molecule has 0 aliphatic rings. The van der Waals surface area contributed by atoms with Crippen molar-refractivity contribution in [1.29, 1.82) is 0 Å². The van der Waals surface area contributed by atoms with Crippen LogP contribution in [0.1, 0.15) is 38.1 Å². The number of aliphatic carboxylic acids is 1. The Balaban J connectivity index is 2.73.